The second-order valence-electron chi connectivity index (χ2n) is 8.95. The molecule has 0 aliphatic carbocycles. The molecule has 0 spiro atoms. The molecule has 1 heterocycles. The highest BCUT2D eigenvalue weighted by Gasteiger charge is 2.40. The minimum Gasteiger partial charge on any atom is -0.352 e. The van der Waals surface area contributed by atoms with Gasteiger partial charge in [-0.15, -0.1) is 0 Å². The van der Waals surface area contributed by atoms with Crippen molar-refractivity contribution in [3.05, 3.63) is 63.6 Å². The van der Waals surface area contributed by atoms with Crippen molar-refractivity contribution in [2.24, 2.45) is 0 Å². The number of fused-ring (bicyclic) bond motifs is 1. The van der Waals surface area contributed by atoms with E-state index in [1.54, 1.807) is 30.3 Å². The Morgan fingerprint density at radius 3 is 2.27 bits per heavy atom. The van der Waals surface area contributed by atoms with Crippen molar-refractivity contribution in [3.8, 4) is 0 Å². The third-order valence-corrected chi connectivity index (χ3v) is 8.99. The lowest BCUT2D eigenvalue weighted by Gasteiger charge is -2.32. The first kappa shape index (κ1) is 28.9. The molecule has 1 N–H and O–H groups in total. The molecule has 11 heteroatoms. The molecule has 0 radical (unpaired) electrons. The zero-order valence-corrected chi connectivity index (χ0v) is 23.4. The van der Waals surface area contributed by atoms with E-state index in [-0.39, 0.29) is 54.2 Å². The molecule has 0 aromatic heterocycles. The molecular formula is C26H31Cl2N3O5S. The van der Waals surface area contributed by atoms with Crippen LogP contribution in [0.3, 0.4) is 0 Å². The van der Waals surface area contributed by atoms with Gasteiger partial charge in [0.1, 0.15) is 10.9 Å². The van der Waals surface area contributed by atoms with Crippen LogP contribution in [0.25, 0.3) is 0 Å². The monoisotopic (exact) mass is 567 g/mol. The van der Waals surface area contributed by atoms with Crippen LogP contribution in [0.5, 0.6) is 0 Å². The van der Waals surface area contributed by atoms with Crippen molar-refractivity contribution in [2.75, 3.05) is 6.54 Å². The summed E-state index contributed by atoms with van der Waals surface area (Å²) >= 11 is 12.7. The van der Waals surface area contributed by atoms with Gasteiger partial charge in [0.15, 0.2) is 0 Å². The number of nitrogens with zero attached hydrogens (tertiary/aromatic N) is 2. The van der Waals surface area contributed by atoms with E-state index < -0.39 is 22.0 Å². The number of carbonyl (C=O) groups excluding carboxylic acids is 3. The quantitative estimate of drug-likeness (QED) is 0.426. The lowest BCUT2D eigenvalue weighted by Crippen LogP contribution is -2.50. The minimum absolute atomic E-state index is 0.0101. The summed E-state index contributed by atoms with van der Waals surface area (Å²) in [5.41, 5.74) is 0.637. The van der Waals surface area contributed by atoms with Crippen molar-refractivity contribution in [3.63, 3.8) is 0 Å². The Bertz CT molecular complexity index is 1260. The largest absolute Gasteiger partial charge is 0.352 e. The maximum Gasteiger partial charge on any atom is 0.269 e. The second-order valence-corrected chi connectivity index (χ2v) is 11.6. The van der Waals surface area contributed by atoms with E-state index in [9.17, 15) is 22.8 Å². The number of nitrogens with one attached hydrogen (secondary N) is 1. The number of amides is 3. The fourth-order valence-corrected chi connectivity index (χ4v) is 6.31. The van der Waals surface area contributed by atoms with Gasteiger partial charge in [0.05, 0.1) is 5.56 Å². The number of rotatable bonds is 11. The third kappa shape index (κ3) is 6.27. The molecule has 0 unspecified atom stereocenters. The number of hydrogen-bond donors (Lipinski definition) is 1. The highest BCUT2D eigenvalue weighted by molar-refractivity contribution is 7.90. The maximum absolute atomic E-state index is 13.5. The zero-order valence-electron chi connectivity index (χ0n) is 21.0. The van der Waals surface area contributed by atoms with Gasteiger partial charge in [0, 0.05) is 41.2 Å². The molecule has 1 aliphatic rings. The molecule has 0 saturated carbocycles. The topological polar surface area (TPSA) is 104 Å². The van der Waals surface area contributed by atoms with E-state index in [1.807, 2.05) is 20.8 Å². The van der Waals surface area contributed by atoms with Crippen molar-refractivity contribution in [1.29, 1.82) is 0 Å². The number of hydrogen-bond acceptors (Lipinski definition) is 5. The van der Waals surface area contributed by atoms with E-state index in [0.717, 1.165) is 10.7 Å². The zero-order chi connectivity index (χ0) is 27.3. The predicted octanol–water partition coefficient (Wildman–Crippen LogP) is 4.64. The summed E-state index contributed by atoms with van der Waals surface area (Å²) in [6.45, 7) is 5.49. The van der Waals surface area contributed by atoms with E-state index in [0.29, 0.717) is 22.0 Å². The van der Waals surface area contributed by atoms with Gasteiger partial charge in [-0.1, -0.05) is 55.2 Å². The fourth-order valence-electron chi connectivity index (χ4n) is 4.18. The van der Waals surface area contributed by atoms with Gasteiger partial charge < -0.3 is 10.2 Å². The SMILES string of the molecule is CC[C@H](C)NC(=O)[C@H](CC)N(Cc1c(Cl)cccc1Cl)C(=O)CCCN1C(=O)c2ccccc2S1(=O)=O. The molecule has 37 heavy (non-hydrogen) atoms. The summed E-state index contributed by atoms with van der Waals surface area (Å²) in [4.78, 5) is 40.6. The van der Waals surface area contributed by atoms with E-state index in [2.05, 4.69) is 5.32 Å². The average molecular weight is 569 g/mol. The van der Waals surface area contributed by atoms with Gasteiger partial charge >= 0.3 is 0 Å². The molecule has 3 rings (SSSR count). The molecule has 2 aromatic carbocycles. The summed E-state index contributed by atoms with van der Waals surface area (Å²) in [5, 5.41) is 3.67. The van der Waals surface area contributed by atoms with Gasteiger partial charge in [-0.3, -0.25) is 14.4 Å². The van der Waals surface area contributed by atoms with Crippen LogP contribution >= 0.6 is 23.2 Å². The molecular weight excluding hydrogens is 537 g/mol. The lowest BCUT2D eigenvalue weighted by molar-refractivity contribution is -0.141. The van der Waals surface area contributed by atoms with Crippen LogP contribution in [0.4, 0.5) is 0 Å². The Morgan fingerprint density at radius 2 is 1.68 bits per heavy atom. The lowest BCUT2D eigenvalue weighted by atomic mass is 10.1. The summed E-state index contributed by atoms with van der Waals surface area (Å²) in [6.07, 6.45) is 1.09. The highest BCUT2D eigenvalue weighted by Crippen LogP contribution is 2.31. The van der Waals surface area contributed by atoms with Crippen molar-refractivity contribution >= 4 is 50.9 Å². The van der Waals surface area contributed by atoms with Crippen LogP contribution in [0.1, 0.15) is 62.4 Å². The smallest absolute Gasteiger partial charge is 0.269 e. The van der Waals surface area contributed by atoms with E-state index in [4.69, 9.17) is 23.2 Å². The third-order valence-electron chi connectivity index (χ3n) is 6.44. The molecule has 2 aromatic rings. The molecule has 200 valence electrons. The van der Waals surface area contributed by atoms with Gasteiger partial charge in [-0.2, -0.15) is 0 Å². The summed E-state index contributed by atoms with van der Waals surface area (Å²) < 4.78 is 26.4. The van der Waals surface area contributed by atoms with Crippen LogP contribution < -0.4 is 5.32 Å². The summed E-state index contributed by atoms with van der Waals surface area (Å²) in [5.74, 6) is -1.27. The Labute approximate surface area is 228 Å². The summed E-state index contributed by atoms with van der Waals surface area (Å²) in [7, 11) is -3.96. The Morgan fingerprint density at radius 1 is 1.03 bits per heavy atom. The number of sulfonamides is 1. The predicted molar refractivity (Wildman–Crippen MR) is 143 cm³/mol. The molecule has 2 atom stereocenters. The first-order valence-electron chi connectivity index (χ1n) is 12.2. The normalized spacial score (nSPS) is 15.7. The Balaban J connectivity index is 1.79. The first-order valence-corrected chi connectivity index (χ1v) is 14.4. The minimum atomic E-state index is -3.96. The molecule has 8 nitrogen and oxygen atoms in total. The standard InChI is InChI=1S/C26H31Cl2N3O5S/c1-4-17(3)29-25(33)22(5-2)30(16-19-20(27)11-8-12-21(19)28)24(32)14-9-15-31-26(34)18-10-6-7-13-23(18)37(31,35)36/h6-8,10-13,17,22H,4-5,9,14-16H2,1-3H3,(H,29,33)/t17-,22-/m0/s1. The van der Waals surface area contributed by atoms with Crippen molar-refractivity contribution in [1.82, 2.24) is 14.5 Å². The van der Waals surface area contributed by atoms with Crippen LogP contribution in [0, 0.1) is 0 Å². The fraction of sp³-hybridized carbons (Fsp3) is 0.423. The molecule has 1 aliphatic heterocycles. The maximum atomic E-state index is 13.5. The first-order chi connectivity index (χ1) is 17.5. The molecule has 0 saturated heterocycles. The van der Waals surface area contributed by atoms with Gasteiger partial charge in [-0.25, -0.2) is 12.7 Å². The van der Waals surface area contributed by atoms with E-state index >= 15 is 0 Å². The van der Waals surface area contributed by atoms with Crippen LogP contribution in [0.2, 0.25) is 10.0 Å². The average Bonchev–Trinajstić information content (AvgIpc) is 3.06. The number of halogens is 2. The number of carbonyl (C=O) groups is 3. The second kappa shape index (κ2) is 12.3. The van der Waals surface area contributed by atoms with Crippen molar-refractivity contribution < 1.29 is 22.8 Å². The van der Waals surface area contributed by atoms with Crippen LogP contribution in [-0.2, 0) is 26.2 Å². The Hall–Kier alpha value is -2.62. The van der Waals surface area contributed by atoms with Crippen LogP contribution in [0.15, 0.2) is 47.4 Å². The highest BCUT2D eigenvalue weighted by atomic mass is 35.5. The molecule has 3 amide bonds. The Kier molecular flexibility index (Phi) is 9.61. The molecule has 0 fully saturated rings. The number of benzene rings is 2. The van der Waals surface area contributed by atoms with Crippen LogP contribution in [-0.4, -0.2) is 54.0 Å². The van der Waals surface area contributed by atoms with Gasteiger partial charge in [0.25, 0.3) is 15.9 Å². The van der Waals surface area contributed by atoms with Gasteiger partial charge in [-0.05, 0) is 50.5 Å². The summed E-state index contributed by atoms with van der Waals surface area (Å²) in [6, 6.07) is 10.2. The molecule has 0 bridgehead atoms. The van der Waals surface area contributed by atoms with E-state index in [1.165, 1.54) is 17.0 Å². The van der Waals surface area contributed by atoms with Gasteiger partial charge in [0.2, 0.25) is 11.8 Å². The van der Waals surface area contributed by atoms with Crippen molar-refractivity contribution in [2.45, 2.75) is 70.0 Å².